The van der Waals surface area contributed by atoms with E-state index in [2.05, 4.69) is 37.8 Å². The van der Waals surface area contributed by atoms with Crippen molar-refractivity contribution < 1.29 is 14.4 Å². The molecule has 2 heterocycles. The average molecular weight is 357 g/mol. The van der Waals surface area contributed by atoms with E-state index in [9.17, 15) is 0 Å². The molecule has 5 nitrogen and oxygen atoms in total. The molecule has 0 radical (unpaired) electrons. The Morgan fingerprint density at radius 2 is 0.880 bits per heavy atom. The van der Waals surface area contributed by atoms with Gasteiger partial charge in [0.2, 0.25) is 0 Å². The van der Waals surface area contributed by atoms with Crippen LogP contribution in [0.2, 0.25) is 0 Å². The lowest BCUT2D eigenvalue weighted by Gasteiger charge is -2.42. The van der Waals surface area contributed by atoms with Gasteiger partial charge in [-0.25, -0.2) is 4.94 Å². The molecule has 2 rings (SSSR count). The molecule has 148 valence electrons. The fourth-order valence-electron chi connectivity index (χ4n) is 4.00. The number of ether oxygens (including phenoxy) is 2. The first-order chi connectivity index (χ1) is 12.2. The molecule has 4 unspecified atom stereocenters. The Kier molecular flexibility index (Phi) is 9.71. The zero-order valence-electron chi connectivity index (χ0n) is 16.9. The monoisotopic (exact) mass is 356 g/mol. The lowest BCUT2D eigenvalue weighted by atomic mass is 10.1. The molecule has 25 heavy (non-hydrogen) atoms. The molecule has 0 aliphatic carbocycles. The quantitative estimate of drug-likeness (QED) is 0.587. The first-order valence-electron chi connectivity index (χ1n) is 10.7. The van der Waals surface area contributed by atoms with Crippen molar-refractivity contribution in [1.82, 2.24) is 10.1 Å². The van der Waals surface area contributed by atoms with Gasteiger partial charge < -0.3 is 9.47 Å². The number of hydrogen-bond donors (Lipinski definition) is 0. The van der Waals surface area contributed by atoms with E-state index in [1.807, 2.05) is 0 Å². The van der Waals surface area contributed by atoms with Crippen LogP contribution in [0, 0.1) is 0 Å². The third-order valence-electron chi connectivity index (χ3n) is 5.07. The number of hydroxylamine groups is 4. The standard InChI is InChI=1S/C20H40N2O3/c1-5-9-17-13-21(14-18(23-17)10-6-2)25-22-15-19(11-7-3)24-20(16-22)12-8-4/h17-20H,5-16H2,1-4H3. The van der Waals surface area contributed by atoms with Gasteiger partial charge in [-0.15, -0.1) is 0 Å². The molecule has 2 saturated heterocycles. The average Bonchev–Trinajstić information content (AvgIpc) is 2.55. The summed E-state index contributed by atoms with van der Waals surface area (Å²) in [5.41, 5.74) is 0. The van der Waals surface area contributed by atoms with E-state index in [1.165, 1.54) is 0 Å². The van der Waals surface area contributed by atoms with Gasteiger partial charge >= 0.3 is 0 Å². The first-order valence-corrected chi connectivity index (χ1v) is 10.7. The van der Waals surface area contributed by atoms with Crippen LogP contribution < -0.4 is 0 Å². The highest BCUT2D eigenvalue weighted by Gasteiger charge is 2.32. The Morgan fingerprint density at radius 1 is 0.600 bits per heavy atom. The van der Waals surface area contributed by atoms with Crippen molar-refractivity contribution in [3.05, 3.63) is 0 Å². The van der Waals surface area contributed by atoms with Crippen LogP contribution in [-0.2, 0) is 14.4 Å². The molecule has 5 heteroatoms. The summed E-state index contributed by atoms with van der Waals surface area (Å²) in [7, 11) is 0. The Labute approximate surface area is 154 Å². The van der Waals surface area contributed by atoms with Gasteiger partial charge in [0.25, 0.3) is 0 Å². The van der Waals surface area contributed by atoms with Gasteiger partial charge in [0, 0.05) is 0 Å². The molecule has 0 amide bonds. The van der Waals surface area contributed by atoms with E-state index >= 15 is 0 Å². The Hall–Kier alpha value is -0.200. The van der Waals surface area contributed by atoms with E-state index in [1.54, 1.807) is 0 Å². The van der Waals surface area contributed by atoms with Crippen molar-refractivity contribution in [2.24, 2.45) is 0 Å². The molecular weight excluding hydrogens is 316 g/mol. The molecule has 2 fully saturated rings. The Bertz CT molecular complexity index is 296. The minimum absolute atomic E-state index is 0.300. The van der Waals surface area contributed by atoms with Gasteiger partial charge in [-0.3, -0.25) is 0 Å². The number of morpholine rings is 2. The van der Waals surface area contributed by atoms with Crippen molar-refractivity contribution >= 4 is 0 Å². The van der Waals surface area contributed by atoms with Crippen molar-refractivity contribution in [1.29, 1.82) is 0 Å². The summed E-state index contributed by atoms with van der Waals surface area (Å²) < 4.78 is 12.5. The lowest BCUT2D eigenvalue weighted by Crippen LogP contribution is -2.54. The summed E-state index contributed by atoms with van der Waals surface area (Å²) in [6.07, 6.45) is 10.3. The normalized spacial score (nSPS) is 32.2. The number of hydrogen-bond acceptors (Lipinski definition) is 5. The predicted molar refractivity (Wildman–Crippen MR) is 101 cm³/mol. The highest BCUT2D eigenvalue weighted by molar-refractivity contribution is 4.76. The van der Waals surface area contributed by atoms with E-state index in [-0.39, 0.29) is 0 Å². The van der Waals surface area contributed by atoms with Crippen LogP contribution in [0.5, 0.6) is 0 Å². The third-order valence-corrected chi connectivity index (χ3v) is 5.07. The minimum Gasteiger partial charge on any atom is -0.372 e. The van der Waals surface area contributed by atoms with Crippen molar-refractivity contribution in [2.45, 2.75) is 103 Å². The van der Waals surface area contributed by atoms with E-state index < -0.39 is 0 Å². The van der Waals surface area contributed by atoms with Gasteiger partial charge in [0.05, 0.1) is 50.6 Å². The van der Waals surface area contributed by atoms with E-state index in [0.717, 1.165) is 77.5 Å². The predicted octanol–water partition coefficient (Wildman–Crippen LogP) is 4.17. The van der Waals surface area contributed by atoms with Crippen LogP contribution in [0.4, 0.5) is 0 Å². The van der Waals surface area contributed by atoms with E-state index in [4.69, 9.17) is 14.4 Å². The smallest absolute Gasteiger partial charge is 0.0730 e. The maximum Gasteiger partial charge on any atom is 0.0730 e. The summed E-state index contributed by atoms with van der Waals surface area (Å²) in [4.78, 5) is 6.35. The molecule has 0 bridgehead atoms. The van der Waals surface area contributed by atoms with Crippen LogP contribution in [0.3, 0.4) is 0 Å². The number of nitrogens with zero attached hydrogens (tertiary/aromatic N) is 2. The zero-order chi connectivity index (χ0) is 18.1. The molecular formula is C20H40N2O3. The van der Waals surface area contributed by atoms with Crippen LogP contribution in [0.1, 0.15) is 79.1 Å². The lowest BCUT2D eigenvalue weighted by molar-refractivity contribution is -0.373. The van der Waals surface area contributed by atoms with E-state index in [0.29, 0.717) is 24.4 Å². The van der Waals surface area contributed by atoms with Gasteiger partial charge in [-0.2, -0.15) is 10.1 Å². The van der Waals surface area contributed by atoms with Crippen LogP contribution in [0.15, 0.2) is 0 Å². The Morgan fingerprint density at radius 3 is 1.12 bits per heavy atom. The molecule has 0 aromatic carbocycles. The van der Waals surface area contributed by atoms with Crippen molar-refractivity contribution in [3.63, 3.8) is 0 Å². The molecule has 0 aromatic rings. The maximum absolute atomic E-state index is 6.35. The van der Waals surface area contributed by atoms with Gasteiger partial charge in [-0.05, 0) is 25.7 Å². The molecule has 0 spiro atoms. The van der Waals surface area contributed by atoms with Crippen LogP contribution >= 0.6 is 0 Å². The molecule has 4 atom stereocenters. The van der Waals surface area contributed by atoms with Gasteiger partial charge in [0.15, 0.2) is 0 Å². The first kappa shape index (κ1) is 21.1. The topological polar surface area (TPSA) is 34.2 Å². The zero-order valence-corrected chi connectivity index (χ0v) is 16.9. The van der Waals surface area contributed by atoms with Gasteiger partial charge in [0.1, 0.15) is 0 Å². The fourth-order valence-corrected chi connectivity index (χ4v) is 4.00. The van der Waals surface area contributed by atoms with Crippen LogP contribution in [-0.4, -0.2) is 60.7 Å². The highest BCUT2D eigenvalue weighted by atomic mass is 16.8. The minimum atomic E-state index is 0.300. The fraction of sp³-hybridized carbons (Fsp3) is 1.00. The second kappa shape index (κ2) is 11.5. The molecule has 0 saturated carbocycles. The molecule has 2 aliphatic heterocycles. The highest BCUT2D eigenvalue weighted by Crippen LogP contribution is 2.23. The molecule has 0 aromatic heterocycles. The SMILES string of the molecule is CCCC1CN(ON2CC(CCC)OC(CCC)C2)CC(CCC)O1. The second-order valence-electron chi connectivity index (χ2n) is 7.69. The summed E-state index contributed by atoms with van der Waals surface area (Å²) in [6, 6.07) is 0. The Balaban J connectivity index is 1.92. The summed E-state index contributed by atoms with van der Waals surface area (Å²) >= 11 is 0. The summed E-state index contributed by atoms with van der Waals surface area (Å²) in [5.74, 6) is 0. The van der Waals surface area contributed by atoms with Crippen LogP contribution in [0.25, 0.3) is 0 Å². The third kappa shape index (κ3) is 7.14. The summed E-state index contributed by atoms with van der Waals surface area (Å²) in [6.45, 7) is 12.4. The summed E-state index contributed by atoms with van der Waals surface area (Å²) in [5, 5.41) is 4.31. The van der Waals surface area contributed by atoms with Crippen molar-refractivity contribution in [3.8, 4) is 0 Å². The van der Waals surface area contributed by atoms with Gasteiger partial charge in [-0.1, -0.05) is 53.4 Å². The maximum atomic E-state index is 6.35. The molecule has 2 aliphatic rings. The largest absolute Gasteiger partial charge is 0.372 e. The number of rotatable bonds is 10. The van der Waals surface area contributed by atoms with Crippen molar-refractivity contribution in [2.75, 3.05) is 26.2 Å². The molecule has 0 N–H and O–H groups in total. The second-order valence-corrected chi connectivity index (χ2v) is 7.69.